The molecule has 1 aliphatic heterocycles. The Morgan fingerprint density at radius 3 is 2.57 bits per heavy atom. The van der Waals surface area contributed by atoms with Gasteiger partial charge in [0.1, 0.15) is 6.61 Å². The Kier molecular flexibility index (Phi) is 3.72. The molecule has 0 fully saturated rings. The van der Waals surface area contributed by atoms with E-state index in [4.69, 9.17) is 4.74 Å². The molecule has 3 rings (SSSR count). The highest BCUT2D eigenvalue weighted by Gasteiger charge is 2.17. The number of ether oxygens (including phenoxy) is 1. The second-order valence-corrected chi connectivity index (χ2v) is 6.33. The number of fused-ring (bicyclic) bond motifs is 1. The molecule has 0 aliphatic carbocycles. The Morgan fingerprint density at radius 2 is 1.76 bits per heavy atom. The standard InChI is InChI=1S/C15H14N2O3S/c18-21(19,13-7-2-1-3-8-13)16-10-15-17-14-9-5-4-6-12(14)11-20-15/h1-9,16H,10-11H2. The van der Waals surface area contributed by atoms with Crippen molar-refractivity contribution in [3.05, 3.63) is 60.2 Å². The summed E-state index contributed by atoms with van der Waals surface area (Å²) in [5, 5.41) is 0. The van der Waals surface area contributed by atoms with E-state index in [1.165, 1.54) is 0 Å². The molecule has 0 spiro atoms. The molecule has 108 valence electrons. The molecule has 5 nitrogen and oxygen atoms in total. The van der Waals surface area contributed by atoms with Crippen molar-refractivity contribution in [3.63, 3.8) is 0 Å². The van der Waals surface area contributed by atoms with E-state index in [1.54, 1.807) is 30.3 Å². The van der Waals surface area contributed by atoms with E-state index in [1.807, 2.05) is 24.3 Å². The van der Waals surface area contributed by atoms with Gasteiger partial charge in [0.15, 0.2) is 0 Å². The Balaban J connectivity index is 1.73. The monoisotopic (exact) mass is 302 g/mol. The van der Waals surface area contributed by atoms with E-state index in [9.17, 15) is 8.42 Å². The molecule has 1 N–H and O–H groups in total. The molecule has 2 aromatic carbocycles. The fourth-order valence-electron chi connectivity index (χ4n) is 2.00. The van der Waals surface area contributed by atoms with Gasteiger partial charge in [-0.2, -0.15) is 0 Å². The predicted octanol–water partition coefficient (Wildman–Crippen LogP) is 2.23. The third-order valence-corrected chi connectivity index (χ3v) is 4.52. The normalized spacial score (nSPS) is 14.0. The summed E-state index contributed by atoms with van der Waals surface area (Å²) in [6.45, 7) is 0.438. The van der Waals surface area contributed by atoms with Gasteiger partial charge in [-0.1, -0.05) is 36.4 Å². The molecule has 0 saturated carbocycles. The van der Waals surface area contributed by atoms with Crippen LogP contribution in [0.4, 0.5) is 5.69 Å². The van der Waals surface area contributed by atoms with E-state index in [-0.39, 0.29) is 11.4 Å². The van der Waals surface area contributed by atoms with Gasteiger partial charge in [0.2, 0.25) is 15.9 Å². The fraction of sp³-hybridized carbons (Fsp3) is 0.133. The largest absolute Gasteiger partial charge is 0.475 e. The van der Waals surface area contributed by atoms with Crippen molar-refractivity contribution in [3.8, 4) is 0 Å². The maximum atomic E-state index is 12.1. The molecular weight excluding hydrogens is 288 g/mol. The lowest BCUT2D eigenvalue weighted by molar-refractivity contribution is 0.281. The van der Waals surface area contributed by atoms with E-state index in [0.29, 0.717) is 12.5 Å². The lowest BCUT2D eigenvalue weighted by Gasteiger charge is -2.17. The molecule has 0 saturated heterocycles. The number of nitrogens with one attached hydrogen (secondary N) is 1. The summed E-state index contributed by atoms with van der Waals surface area (Å²) in [4.78, 5) is 4.53. The zero-order valence-electron chi connectivity index (χ0n) is 11.2. The van der Waals surface area contributed by atoms with Crippen LogP contribution in [0.3, 0.4) is 0 Å². The van der Waals surface area contributed by atoms with Gasteiger partial charge in [-0.05, 0) is 18.2 Å². The topological polar surface area (TPSA) is 67.8 Å². The molecule has 21 heavy (non-hydrogen) atoms. The molecule has 6 heteroatoms. The molecule has 1 heterocycles. The van der Waals surface area contributed by atoms with E-state index < -0.39 is 10.0 Å². The first-order valence-corrected chi connectivity index (χ1v) is 7.96. The summed E-state index contributed by atoms with van der Waals surface area (Å²) >= 11 is 0. The van der Waals surface area contributed by atoms with Gasteiger partial charge in [0, 0.05) is 5.56 Å². The van der Waals surface area contributed by atoms with Crippen molar-refractivity contribution in [1.29, 1.82) is 0 Å². The SMILES string of the molecule is O=S(=O)(NCC1=Nc2ccccc2CO1)c1ccccc1. The summed E-state index contributed by atoms with van der Waals surface area (Å²) < 4.78 is 32.1. The summed E-state index contributed by atoms with van der Waals surface area (Å²) in [5.74, 6) is 0.369. The molecular formula is C15H14N2O3S. The van der Waals surface area contributed by atoms with Crippen molar-refractivity contribution >= 4 is 21.6 Å². The second-order valence-electron chi connectivity index (χ2n) is 4.56. The molecule has 0 unspecified atom stereocenters. The van der Waals surface area contributed by atoms with Crippen molar-refractivity contribution in [1.82, 2.24) is 4.72 Å². The van der Waals surface area contributed by atoms with E-state index in [2.05, 4.69) is 9.71 Å². The molecule has 0 atom stereocenters. The van der Waals surface area contributed by atoms with E-state index in [0.717, 1.165) is 11.3 Å². The van der Waals surface area contributed by atoms with Crippen LogP contribution < -0.4 is 4.72 Å². The van der Waals surface area contributed by atoms with Gasteiger partial charge in [0.05, 0.1) is 17.1 Å². The predicted molar refractivity (Wildman–Crippen MR) is 80.0 cm³/mol. The highest BCUT2D eigenvalue weighted by Crippen LogP contribution is 2.23. The van der Waals surface area contributed by atoms with Crippen LogP contribution >= 0.6 is 0 Å². The number of nitrogens with zero attached hydrogens (tertiary/aromatic N) is 1. The van der Waals surface area contributed by atoms with Crippen molar-refractivity contribution in [2.45, 2.75) is 11.5 Å². The lowest BCUT2D eigenvalue weighted by atomic mass is 10.2. The van der Waals surface area contributed by atoms with Crippen LogP contribution in [-0.2, 0) is 21.4 Å². The fourth-order valence-corrected chi connectivity index (χ4v) is 3.00. The molecule has 0 amide bonds. The number of benzene rings is 2. The smallest absolute Gasteiger partial charge is 0.241 e. The van der Waals surface area contributed by atoms with Crippen LogP contribution in [0, 0.1) is 0 Å². The number of aliphatic imine (C=N–C) groups is 1. The van der Waals surface area contributed by atoms with Crippen LogP contribution in [0.15, 0.2) is 64.5 Å². The third kappa shape index (κ3) is 3.12. The van der Waals surface area contributed by atoms with Gasteiger partial charge < -0.3 is 4.74 Å². The highest BCUT2D eigenvalue weighted by atomic mass is 32.2. The first-order chi connectivity index (χ1) is 10.1. The zero-order chi connectivity index (χ0) is 14.7. The average molecular weight is 302 g/mol. The minimum Gasteiger partial charge on any atom is -0.475 e. The number of rotatable bonds is 4. The van der Waals surface area contributed by atoms with Crippen LogP contribution in [0.1, 0.15) is 5.56 Å². The summed E-state index contributed by atoms with van der Waals surface area (Å²) in [5.41, 5.74) is 1.81. The average Bonchev–Trinajstić information content (AvgIpc) is 2.54. The van der Waals surface area contributed by atoms with Gasteiger partial charge in [-0.15, -0.1) is 0 Å². The molecule has 1 aliphatic rings. The van der Waals surface area contributed by atoms with Gasteiger partial charge in [-0.25, -0.2) is 18.1 Å². The number of para-hydroxylation sites is 1. The van der Waals surface area contributed by atoms with Gasteiger partial charge >= 0.3 is 0 Å². The van der Waals surface area contributed by atoms with Gasteiger partial charge in [-0.3, -0.25) is 0 Å². The highest BCUT2D eigenvalue weighted by molar-refractivity contribution is 7.89. The van der Waals surface area contributed by atoms with Crippen LogP contribution in [-0.4, -0.2) is 20.9 Å². The Bertz CT molecular complexity index is 771. The molecule has 0 aromatic heterocycles. The van der Waals surface area contributed by atoms with Crippen molar-refractivity contribution in [2.24, 2.45) is 4.99 Å². The summed E-state index contributed by atoms with van der Waals surface area (Å²) in [6.07, 6.45) is 0. The zero-order valence-corrected chi connectivity index (χ0v) is 12.0. The third-order valence-electron chi connectivity index (χ3n) is 3.10. The molecule has 0 radical (unpaired) electrons. The summed E-state index contributed by atoms with van der Waals surface area (Å²) in [7, 11) is -3.55. The molecule has 2 aromatic rings. The quantitative estimate of drug-likeness (QED) is 0.941. The van der Waals surface area contributed by atoms with E-state index >= 15 is 0 Å². The van der Waals surface area contributed by atoms with Crippen molar-refractivity contribution < 1.29 is 13.2 Å². The first kappa shape index (κ1) is 13.8. The second kappa shape index (κ2) is 5.67. The lowest BCUT2D eigenvalue weighted by Crippen LogP contribution is -2.31. The van der Waals surface area contributed by atoms with Crippen LogP contribution in [0.2, 0.25) is 0 Å². The van der Waals surface area contributed by atoms with Crippen LogP contribution in [0.5, 0.6) is 0 Å². The maximum Gasteiger partial charge on any atom is 0.241 e. The number of hydrogen-bond donors (Lipinski definition) is 1. The Hall–Kier alpha value is -2.18. The van der Waals surface area contributed by atoms with Crippen molar-refractivity contribution in [2.75, 3.05) is 6.54 Å². The molecule has 0 bridgehead atoms. The minimum atomic E-state index is -3.55. The van der Waals surface area contributed by atoms with Gasteiger partial charge in [0.25, 0.3) is 0 Å². The number of hydrogen-bond acceptors (Lipinski definition) is 4. The Morgan fingerprint density at radius 1 is 1.05 bits per heavy atom. The van der Waals surface area contributed by atoms with Crippen LogP contribution in [0.25, 0.3) is 0 Å². The first-order valence-electron chi connectivity index (χ1n) is 6.48. The number of sulfonamides is 1. The Labute approximate surface area is 123 Å². The minimum absolute atomic E-state index is 0.0333. The summed E-state index contributed by atoms with van der Waals surface area (Å²) in [6, 6.07) is 15.8. The maximum absolute atomic E-state index is 12.1.